The summed E-state index contributed by atoms with van der Waals surface area (Å²) in [4.78, 5) is 4.34. The lowest BCUT2D eigenvalue weighted by atomic mass is 10.0. The van der Waals surface area contributed by atoms with Gasteiger partial charge in [0.05, 0.1) is 0 Å². The summed E-state index contributed by atoms with van der Waals surface area (Å²) in [6, 6.07) is 7.97. The minimum atomic E-state index is 0.396. The smallest absolute Gasteiger partial charge is 0.276 e. The maximum atomic E-state index is 5.54. The van der Waals surface area contributed by atoms with Gasteiger partial charge < -0.3 is 10.3 Å². The standard InChI is InChI=1S/C14H15N5O/c1-8-3-4-10(5-9(8)2)6-13-16-14(20-19-13)11-7-12(15)18-17-11/h3-5,7H,6H2,1-2H3,(H3,15,17,18). The lowest BCUT2D eigenvalue weighted by Crippen LogP contribution is -1.92. The molecular weight excluding hydrogens is 254 g/mol. The molecular formula is C14H15N5O. The van der Waals surface area contributed by atoms with Gasteiger partial charge in [-0.25, -0.2) is 0 Å². The van der Waals surface area contributed by atoms with Gasteiger partial charge >= 0.3 is 0 Å². The molecule has 0 fully saturated rings. The van der Waals surface area contributed by atoms with Crippen LogP contribution in [0.4, 0.5) is 5.82 Å². The van der Waals surface area contributed by atoms with E-state index in [1.807, 2.05) is 0 Å². The van der Waals surface area contributed by atoms with Gasteiger partial charge in [-0.2, -0.15) is 10.1 Å². The summed E-state index contributed by atoms with van der Waals surface area (Å²) in [5.41, 5.74) is 9.86. The van der Waals surface area contributed by atoms with Crippen LogP contribution in [0.3, 0.4) is 0 Å². The Hall–Kier alpha value is -2.63. The van der Waals surface area contributed by atoms with E-state index in [1.54, 1.807) is 6.07 Å². The van der Waals surface area contributed by atoms with Crippen molar-refractivity contribution in [1.29, 1.82) is 0 Å². The Bertz CT molecular complexity index is 744. The number of aromatic nitrogens is 4. The van der Waals surface area contributed by atoms with Gasteiger partial charge in [-0.3, -0.25) is 5.10 Å². The second-order valence-corrected chi connectivity index (χ2v) is 4.82. The number of hydrogen-bond donors (Lipinski definition) is 2. The summed E-state index contributed by atoms with van der Waals surface area (Å²) >= 11 is 0. The molecule has 6 nitrogen and oxygen atoms in total. The van der Waals surface area contributed by atoms with Crippen LogP contribution in [0.5, 0.6) is 0 Å². The molecule has 0 amide bonds. The number of aryl methyl sites for hydroxylation is 2. The van der Waals surface area contributed by atoms with Crippen molar-refractivity contribution in [2.45, 2.75) is 20.3 Å². The molecule has 0 aliphatic heterocycles. The summed E-state index contributed by atoms with van der Waals surface area (Å²) in [6.07, 6.45) is 0.633. The zero-order chi connectivity index (χ0) is 14.1. The molecule has 0 spiro atoms. The second kappa shape index (κ2) is 4.80. The Morgan fingerprint density at radius 1 is 1.20 bits per heavy atom. The molecule has 0 unspecified atom stereocenters. The second-order valence-electron chi connectivity index (χ2n) is 4.82. The summed E-state index contributed by atoms with van der Waals surface area (Å²) in [7, 11) is 0. The van der Waals surface area contributed by atoms with Crippen molar-refractivity contribution >= 4 is 5.82 Å². The van der Waals surface area contributed by atoms with E-state index in [1.165, 1.54) is 11.1 Å². The van der Waals surface area contributed by atoms with Crippen LogP contribution in [-0.4, -0.2) is 20.3 Å². The fraction of sp³-hybridized carbons (Fsp3) is 0.214. The number of H-pyrrole nitrogens is 1. The average Bonchev–Trinajstić information content (AvgIpc) is 3.03. The van der Waals surface area contributed by atoms with E-state index in [-0.39, 0.29) is 0 Å². The maximum Gasteiger partial charge on any atom is 0.276 e. The lowest BCUT2D eigenvalue weighted by Gasteiger charge is -2.02. The van der Waals surface area contributed by atoms with Gasteiger partial charge in [-0.05, 0) is 30.5 Å². The molecule has 3 N–H and O–H groups in total. The average molecular weight is 269 g/mol. The van der Waals surface area contributed by atoms with Crippen LogP contribution in [-0.2, 0) is 6.42 Å². The molecule has 1 aromatic carbocycles. The van der Waals surface area contributed by atoms with E-state index in [4.69, 9.17) is 10.3 Å². The van der Waals surface area contributed by atoms with Crippen LogP contribution >= 0.6 is 0 Å². The number of anilines is 1. The van der Waals surface area contributed by atoms with Crippen LogP contribution < -0.4 is 5.73 Å². The molecule has 102 valence electrons. The first kappa shape index (κ1) is 12.4. The lowest BCUT2D eigenvalue weighted by molar-refractivity contribution is 0.422. The van der Waals surface area contributed by atoms with E-state index in [2.05, 4.69) is 52.4 Å². The Morgan fingerprint density at radius 2 is 2.05 bits per heavy atom. The van der Waals surface area contributed by atoms with Gasteiger partial charge in [-0.15, -0.1) is 0 Å². The van der Waals surface area contributed by atoms with Crippen LogP contribution in [0.1, 0.15) is 22.5 Å². The molecule has 0 saturated heterocycles. The molecule has 0 radical (unpaired) electrons. The van der Waals surface area contributed by atoms with E-state index >= 15 is 0 Å². The van der Waals surface area contributed by atoms with Gasteiger partial charge in [-0.1, -0.05) is 23.4 Å². The first-order valence-electron chi connectivity index (χ1n) is 6.32. The van der Waals surface area contributed by atoms with Gasteiger partial charge in [0.15, 0.2) is 5.82 Å². The third-order valence-electron chi connectivity index (χ3n) is 3.23. The topological polar surface area (TPSA) is 93.6 Å². The van der Waals surface area contributed by atoms with E-state index in [0.717, 1.165) is 5.56 Å². The van der Waals surface area contributed by atoms with Crippen molar-refractivity contribution in [3.8, 4) is 11.6 Å². The number of nitrogen functional groups attached to an aromatic ring is 1. The molecule has 0 saturated carbocycles. The molecule has 0 atom stereocenters. The molecule has 2 aromatic heterocycles. The van der Waals surface area contributed by atoms with Crippen molar-refractivity contribution < 1.29 is 4.52 Å². The molecule has 0 aliphatic rings. The van der Waals surface area contributed by atoms with Crippen LogP contribution in [0, 0.1) is 13.8 Å². The first-order valence-corrected chi connectivity index (χ1v) is 6.32. The van der Waals surface area contributed by atoms with Gasteiger partial charge in [0.25, 0.3) is 5.89 Å². The summed E-state index contributed by atoms with van der Waals surface area (Å²) in [6.45, 7) is 4.18. The highest BCUT2D eigenvalue weighted by molar-refractivity contribution is 5.51. The Kier molecular flexibility index (Phi) is 2.98. The highest BCUT2D eigenvalue weighted by atomic mass is 16.5. The number of nitrogens with zero attached hydrogens (tertiary/aromatic N) is 3. The minimum absolute atomic E-state index is 0.396. The Labute approximate surface area is 116 Å². The van der Waals surface area contributed by atoms with Crippen LogP contribution in [0.15, 0.2) is 28.8 Å². The Balaban J connectivity index is 1.82. The first-order chi connectivity index (χ1) is 9.61. The van der Waals surface area contributed by atoms with Crippen molar-refractivity contribution in [2.24, 2.45) is 0 Å². The summed E-state index contributed by atoms with van der Waals surface area (Å²) in [5, 5.41) is 10.6. The van der Waals surface area contributed by atoms with Crippen molar-refractivity contribution in [2.75, 3.05) is 5.73 Å². The fourth-order valence-corrected chi connectivity index (χ4v) is 1.98. The third-order valence-corrected chi connectivity index (χ3v) is 3.23. The number of nitrogens with two attached hydrogens (primary N) is 1. The predicted molar refractivity (Wildman–Crippen MR) is 75.0 cm³/mol. The molecule has 6 heteroatoms. The van der Waals surface area contributed by atoms with Crippen LogP contribution in [0.25, 0.3) is 11.6 Å². The van der Waals surface area contributed by atoms with E-state index in [9.17, 15) is 0 Å². The normalized spacial score (nSPS) is 10.9. The van der Waals surface area contributed by atoms with E-state index < -0.39 is 0 Å². The number of aromatic amines is 1. The van der Waals surface area contributed by atoms with Crippen molar-refractivity contribution in [3.05, 3.63) is 46.8 Å². The molecule has 2 heterocycles. The largest absolute Gasteiger partial charge is 0.382 e. The Morgan fingerprint density at radius 3 is 2.75 bits per heavy atom. The number of benzene rings is 1. The quantitative estimate of drug-likeness (QED) is 0.760. The number of hydrogen-bond acceptors (Lipinski definition) is 5. The maximum absolute atomic E-state index is 5.54. The predicted octanol–water partition coefficient (Wildman–Crippen LogP) is 2.25. The van der Waals surface area contributed by atoms with Gasteiger partial charge in [0.1, 0.15) is 11.5 Å². The molecule has 3 rings (SSSR count). The van der Waals surface area contributed by atoms with Gasteiger partial charge in [0.2, 0.25) is 0 Å². The van der Waals surface area contributed by atoms with Crippen molar-refractivity contribution in [3.63, 3.8) is 0 Å². The molecule has 0 bridgehead atoms. The van der Waals surface area contributed by atoms with E-state index in [0.29, 0.717) is 29.6 Å². The fourth-order valence-electron chi connectivity index (χ4n) is 1.98. The summed E-state index contributed by atoms with van der Waals surface area (Å²) < 4.78 is 5.20. The molecule has 3 aromatic rings. The highest BCUT2D eigenvalue weighted by Crippen LogP contribution is 2.18. The molecule has 0 aliphatic carbocycles. The summed E-state index contributed by atoms with van der Waals surface area (Å²) in [5.74, 6) is 1.43. The highest BCUT2D eigenvalue weighted by Gasteiger charge is 2.11. The zero-order valence-corrected chi connectivity index (χ0v) is 11.3. The third kappa shape index (κ3) is 2.40. The zero-order valence-electron chi connectivity index (χ0n) is 11.3. The van der Waals surface area contributed by atoms with Crippen molar-refractivity contribution in [1.82, 2.24) is 20.3 Å². The van der Waals surface area contributed by atoms with Gasteiger partial charge in [0, 0.05) is 12.5 Å². The minimum Gasteiger partial charge on any atom is -0.382 e. The van der Waals surface area contributed by atoms with Crippen LogP contribution in [0.2, 0.25) is 0 Å². The monoisotopic (exact) mass is 269 g/mol. The molecule has 20 heavy (non-hydrogen) atoms. The number of rotatable bonds is 3. The number of nitrogens with one attached hydrogen (secondary N) is 1. The SMILES string of the molecule is Cc1ccc(Cc2noc(-c3cc(N)n[nH]3)n2)cc1C.